The fourth-order valence-electron chi connectivity index (χ4n) is 3.43. The molecule has 0 radical (unpaired) electrons. The van der Waals surface area contributed by atoms with E-state index in [-0.39, 0.29) is 10.3 Å². The zero-order chi connectivity index (χ0) is 17.9. The molecule has 0 spiro atoms. The minimum atomic E-state index is -3.64. The highest BCUT2D eigenvalue weighted by Gasteiger charge is 2.34. The third kappa shape index (κ3) is 3.99. The maximum absolute atomic E-state index is 12.9. The summed E-state index contributed by atoms with van der Waals surface area (Å²) in [6, 6.07) is 10.5. The van der Waals surface area contributed by atoms with Gasteiger partial charge in [0.15, 0.2) is 0 Å². The zero-order valence-corrected chi connectivity index (χ0v) is 15.8. The Morgan fingerprint density at radius 1 is 1.16 bits per heavy atom. The normalized spacial score (nSPS) is 17.7. The number of halogens is 1. The number of rotatable bonds is 6. The van der Waals surface area contributed by atoms with E-state index >= 15 is 0 Å². The van der Waals surface area contributed by atoms with Crippen LogP contribution in [0.25, 0.3) is 10.8 Å². The van der Waals surface area contributed by atoms with Crippen LogP contribution in [0.5, 0.6) is 0 Å². The van der Waals surface area contributed by atoms with Crippen molar-refractivity contribution in [3.63, 3.8) is 0 Å². The Hall–Kier alpha value is -1.18. The molecule has 2 N–H and O–H groups in total. The number of nitrogens with one attached hydrogen (secondary N) is 2. The van der Waals surface area contributed by atoms with Crippen molar-refractivity contribution in [2.45, 2.75) is 17.7 Å². The smallest absolute Gasteiger partial charge is 0.241 e. The Bertz CT molecular complexity index is 843. The second-order valence-corrected chi connectivity index (χ2v) is 8.74. The van der Waals surface area contributed by atoms with Crippen LogP contribution in [0.2, 0.25) is 5.02 Å². The Labute approximate surface area is 153 Å². The lowest BCUT2D eigenvalue weighted by Gasteiger charge is -2.37. The summed E-state index contributed by atoms with van der Waals surface area (Å²) in [6.45, 7) is 2.64. The molecule has 0 atom stereocenters. The molecule has 0 amide bonds. The van der Waals surface area contributed by atoms with Crippen LogP contribution >= 0.6 is 11.6 Å². The molecule has 0 saturated carbocycles. The van der Waals surface area contributed by atoms with E-state index in [0.717, 1.165) is 31.3 Å². The van der Waals surface area contributed by atoms with Gasteiger partial charge in [-0.15, -0.1) is 0 Å². The molecule has 1 heterocycles. The van der Waals surface area contributed by atoms with Crippen molar-refractivity contribution >= 4 is 32.4 Å². The van der Waals surface area contributed by atoms with Crippen molar-refractivity contribution in [1.82, 2.24) is 10.0 Å². The number of fused-ring (bicyclic) bond motifs is 1. The van der Waals surface area contributed by atoms with Gasteiger partial charge in [-0.1, -0.05) is 35.9 Å². The highest BCUT2D eigenvalue weighted by molar-refractivity contribution is 7.89. The lowest BCUT2D eigenvalue weighted by Crippen LogP contribution is -2.47. The average Bonchev–Trinajstić information content (AvgIpc) is 2.62. The molecular formula is C18H23ClN2O3S. The predicted octanol–water partition coefficient (Wildman–Crippen LogP) is 2.79. The van der Waals surface area contributed by atoms with Crippen molar-refractivity contribution in [1.29, 1.82) is 0 Å². The fraction of sp³-hybridized carbons (Fsp3) is 0.444. The van der Waals surface area contributed by atoms with E-state index in [2.05, 4.69) is 10.0 Å². The third-order valence-electron chi connectivity index (χ3n) is 4.87. The van der Waals surface area contributed by atoms with Crippen molar-refractivity contribution in [3.8, 4) is 0 Å². The van der Waals surface area contributed by atoms with Crippen molar-refractivity contribution in [2.75, 3.05) is 33.4 Å². The van der Waals surface area contributed by atoms with Crippen LogP contribution in [-0.4, -0.2) is 41.8 Å². The van der Waals surface area contributed by atoms with Gasteiger partial charge in [0.1, 0.15) is 0 Å². The van der Waals surface area contributed by atoms with Gasteiger partial charge in [-0.2, -0.15) is 0 Å². The summed E-state index contributed by atoms with van der Waals surface area (Å²) in [6.07, 6.45) is 1.76. The van der Waals surface area contributed by atoms with E-state index in [4.69, 9.17) is 16.3 Å². The average molecular weight is 383 g/mol. The molecule has 0 unspecified atom stereocenters. The van der Waals surface area contributed by atoms with Gasteiger partial charge in [0.2, 0.25) is 10.0 Å². The molecule has 0 aromatic heterocycles. The van der Waals surface area contributed by atoms with E-state index in [1.54, 1.807) is 25.3 Å². The van der Waals surface area contributed by atoms with Crippen molar-refractivity contribution in [2.24, 2.45) is 5.41 Å². The second-order valence-electron chi connectivity index (χ2n) is 6.60. The van der Waals surface area contributed by atoms with Crippen LogP contribution in [0.4, 0.5) is 0 Å². The van der Waals surface area contributed by atoms with E-state index in [1.807, 2.05) is 18.2 Å². The number of benzene rings is 2. The molecule has 5 nitrogen and oxygen atoms in total. The molecule has 0 bridgehead atoms. The van der Waals surface area contributed by atoms with Gasteiger partial charge in [0.25, 0.3) is 0 Å². The lowest BCUT2D eigenvalue weighted by molar-refractivity contribution is 0.0577. The van der Waals surface area contributed by atoms with Crippen LogP contribution in [0.15, 0.2) is 41.3 Å². The highest BCUT2D eigenvalue weighted by Crippen LogP contribution is 2.31. The molecule has 25 heavy (non-hydrogen) atoms. The Balaban J connectivity index is 1.88. The van der Waals surface area contributed by atoms with Gasteiger partial charge in [0, 0.05) is 34.9 Å². The molecule has 7 heteroatoms. The van der Waals surface area contributed by atoms with Crippen LogP contribution in [0.3, 0.4) is 0 Å². The zero-order valence-electron chi connectivity index (χ0n) is 14.2. The third-order valence-corrected chi connectivity index (χ3v) is 6.66. The van der Waals surface area contributed by atoms with Crippen molar-refractivity contribution in [3.05, 3.63) is 41.4 Å². The molecule has 1 aliphatic heterocycles. The summed E-state index contributed by atoms with van der Waals surface area (Å²) >= 11 is 6.20. The minimum absolute atomic E-state index is 0.171. The molecule has 1 saturated heterocycles. The maximum Gasteiger partial charge on any atom is 0.241 e. The van der Waals surface area contributed by atoms with E-state index in [1.165, 1.54) is 0 Å². The van der Waals surface area contributed by atoms with E-state index in [0.29, 0.717) is 23.6 Å². The number of hydrogen-bond donors (Lipinski definition) is 2. The molecule has 1 fully saturated rings. The monoisotopic (exact) mass is 382 g/mol. The summed E-state index contributed by atoms with van der Waals surface area (Å²) in [5.41, 5.74) is -0.171. The quantitative estimate of drug-likeness (QED) is 0.806. The molecule has 2 aromatic carbocycles. The molecule has 0 aliphatic carbocycles. The molecule has 3 rings (SSSR count). The number of piperidine rings is 1. The van der Waals surface area contributed by atoms with Gasteiger partial charge >= 0.3 is 0 Å². The summed E-state index contributed by atoms with van der Waals surface area (Å²) in [4.78, 5) is 0.258. The summed E-state index contributed by atoms with van der Waals surface area (Å²) in [5, 5.41) is 5.22. The first-order valence-corrected chi connectivity index (χ1v) is 10.2. The number of methoxy groups -OCH3 is 1. The highest BCUT2D eigenvalue weighted by atomic mass is 35.5. The number of hydrogen-bond acceptors (Lipinski definition) is 4. The summed E-state index contributed by atoms with van der Waals surface area (Å²) in [5.74, 6) is 0. The molecule has 136 valence electrons. The van der Waals surface area contributed by atoms with Crippen LogP contribution < -0.4 is 10.0 Å². The first kappa shape index (κ1) is 18.6. The van der Waals surface area contributed by atoms with Crippen LogP contribution in [0, 0.1) is 5.41 Å². The Kier molecular flexibility index (Phi) is 5.65. The lowest BCUT2D eigenvalue weighted by atomic mass is 9.80. The van der Waals surface area contributed by atoms with Gasteiger partial charge in [-0.05, 0) is 38.1 Å². The van der Waals surface area contributed by atoms with Gasteiger partial charge in [-0.25, -0.2) is 13.1 Å². The Morgan fingerprint density at radius 2 is 1.84 bits per heavy atom. The molecular weight excluding hydrogens is 360 g/mol. The van der Waals surface area contributed by atoms with Gasteiger partial charge < -0.3 is 10.1 Å². The van der Waals surface area contributed by atoms with E-state index in [9.17, 15) is 8.42 Å². The van der Waals surface area contributed by atoms with Gasteiger partial charge in [0.05, 0.1) is 11.5 Å². The van der Waals surface area contributed by atoms with Gasteiger partial charge in [-0.3, -0.25) is 0 Å². The second kappa shape index (κ2) is 7.60. The SMILES string of the molecule is COCC1(CNS(=O)(=O)c2ccc(Cl)c3ccccc23)CCNCC1. The summed E-state index contributed by atoms with van der Waals surface area (Å²) in [7, 11) is -1.99. The van der Waals surface area contributed by atoms with Crippen LogP contribution in [-0.2, 0) is 14.8 Å². The number of sulfonamides is 1. The van der Waals surface area contributed by atoms with E-state index < -0.39 is 10.0 Å². The first-order valence-electron chi connectivity index (χ1n) is 8.34. The minimum Gasteiger partial charge on any atom is -0.384 e. The standard InChI is InChI=1S/C18H23ClN2O3S/c1-24-13-18(8-10-20-11-9-18)12-21-25(22,23)17-7-6-16(19)14-4-2-3-5-15(14)17/h2-7,20-21H,8-13H2,1H3. The Morgan fingerprint density at radius 3 is 2.52 bits per heavy atom. The maximum atomic E-state index is 12.9. The fourth-order valence-corrected chi connectivity index (χ4v) is 5.02. The largest absolute Gasteiger partial charge is 0.384 e. The number of ether oxygens (including phenoxy) is 1. The van der Waals surface area contributed by atoms with Crippen LogP contribution in [0.1, 0.15) is 12.8 Å². The summed E-state index contributed by atoms with van der Waals surface area (Å²) < 4.78 is 34.0. The molecule has 1 aliphatic rings. The predicted molar refractivity (Wildman–Crippen MR) is 101 cm³/mol. The van der Waals surface area contributed by atoms with Crippen molar-refractivity contribution < 1.29 is 13.2 Å². The topological polar surface area (TPSA) is 67.4 Å². The first-order chi connectivity index (χ1) is 12.0. The molecule has 2 aromatic rings.